The number of imidazole rings is 1. The number of aromatic nitrogens is 3. The SMILES string of the molecule is Cn1c(-c2cc3ccccc3n2Cc2ccc(Cl)c(Cl)c2)nc2cc(C(=O)N3CCCC(N)C3)ccc21. The van der Waals surface area contributed by atoms with Crippen molar-refractivity contribution in [3.63, 3.8) is 0 Å². The lowest BCUT2D eigenvalue weighted by molar-refractivity contribution is 0.0709. The highest BCUT2D eigenvalue weighted by Crippen LogP contribution is 2.32. The minimum Gasteiger partial charge on any atom is -0.337 e. The van der Waals surface area contributed by atoms with Gasteiger partial charge < -0.3 is 19.8 Å². The van der Waals surface area contributed by atoms with Crippen LogP contribution in [0.3, 0.4) is 0 Å². The highest BCUT2D eigenvalue weighted by Gasteiger charge is 2.24. The largest absolute Gasteiger partial charge is 0.337 e. The van der Waals surface area contributed by atoms with Crippen LogP contribution in [-0.4, -0.2) is 44.1 Å². The Kier molecular flexibility index (Phi) is 6.19. The smallest absolute Gasteiger partial charge is 0.253 e. The van der Waals surface area contributed by atoms with E-state index in [9.17, 15) is 4.79 Å². The number of nitrogens with zero attached hydrogens (tertiary/aromatic N) is 4. The number of carbonyl (C=O) groups excluding carboxylic acids is 1. The number of hydrogen-bond donors (Lipinski definition) is 1. The molecule has 8 heteroatoms. The van der Waals surface area contributed by atoms with E-state index in [0.29, 0.717) is 28.7 Å². The van der Waals surface area contributed by atoms with Crippen LogP contribution >= 0.6 is 23.2 Å². The second-order valence-corrected chi connectivity index (χ2v) is 10.6. The summed E-state index contributed by atoms with van der Waals surface area (Å²) in [7, 11) is 2.01. The number of nitrogens with two attached hydrogens (primary N) is 1. The fourth-order valence-corrected chi connectivity index (χ4v) is 5.65. The molecule has 0 spiro atoms. The number of piperidine rings is 1. The quantitative estimate of drug-likeness (QED) is 0.304. The van der Waals surface area contributed by atoms with Gasteiger partial charge in [-0.25, -0.2) is 4.98 Å². The molecule has 3 aromatic carbocycles. The molecule has 2 N–H and O–H groups in total. The van der Waals surface area contributed by atoms with Crippen LogP contribution in [0.4, 0.5) is 0 Å². The number of benzene rings is 3. The number of fused-ring (bicyclic) bond motifs is 2. The lowest BCUT2D eigenvalue weighted by atomic mass is 10.1. The zero-order valence-corrected chi connectivity index (χ0v) is 22.0. The van der Waals surface area contributed by atoms with E-state index >= 15 is 0 Å². The Morgan fingerprint density at radius 2 is 1.86 bits per heavy atom. The van der Waals surface area contributed by atoms with E-state index in [4.69, 9.17) is 33.9 Å². The molecule has 37 heavy (non-hydrogen) atoms. The lowest BCUT2D eigenvalue weighted by Crippen LogP contribution is -2.45. The first-order valence-corrected chi connectivity index (χ1v) is 13.2. The molecule has 1 aliphatic rings. The zero-order chi connectivity index (χ0) is 25.7. The lowest BCUT2D eigenvalue weighted by Gasteiger charge is -2.30. The van der Waals surface area contributed by atoms with Crippen LogP contribution in [0.15, 0.2) is 66.7 Å². The third-order valence-corrected chi connectivity index (χ3v) is 7.98. The summed E-state index contributed by atoms with van der Waals surface area (Å²) >= 11 is 12.5. The van der Waals surface area contributed by atoms with E-state index in [2.05, 4.69) is 27.3 Å². The van der Waals surface area contributed by atoms with Crippen molar-refractivity contribution in [3.8, 4) is 11.5 Å². The summed E-state index contributed by atoms with van der Waals surface area (Å²) in [6.45, 7) is 1.95. The first-order chi connectivity index (χ1) is 17.9. The Labute approximate surface area is 225 Å². The zero-order valence-electron chi connectivity index (χ0n) is 20.5. The Hall–Kier alpha value is -3.32. The fraction of sp³-hybridized carbons (Fsp3) is 0.241. The molecule has 1 fully saturated rings. The predicted octanol–water partition coefficient (Wildman–Crippen LogP) is 6.11. The van der Waals surface area contributed by atoms with Gasteiger partial charge in [-0.05, 0) is 60.9 Å². The van der Waals surface area contributed by atoms with Crippen LogP contribution in [0.2, 0.25) is 10.0 Å². The Balaban J connectivity index is 1.43. The van der Waals surface area contributed by atoms with E-state index < -0.39 is 0 Å². The number of para-hydroxylation sites is 1. The van der Waals surface area contributed by atoms with E-state index in [1.165, 1.54) is 0 Å². The van der Waals surface area contributed by atoms with E-state index in [-0.39, 0.29) is 11.9 Å². The molecule has 3 heterocycles. The monoisotopic (exact) mass is 531 g/mol. The third kappa shape index (κ3) is 4.39. The maximum atomic E-state index is 13.2. The van der Waals surface area contributed by atoms with Gasteiger partial charge in [0, 0.05) is 49.2 Å². The Morgan fingerprint density at radius 1 is 1.03 bits per heavy atom. The van der Waals surface area contributed by atoms with Crippen molar-refractivity contribution in [3.05, 3.63) is 87.9 Å². The Bertz CT molecular complexity index is 1650. The molecule has 1 amide bonds. The molecule has 1 aliphatic heterocycles. The van der Waals surface area contributed by atoms with Gasteiger partial charge in [-0.15, -0.1) is 0 Å². The van der Waals surface area contributed by atoms with Crippen LogP contribution in [0, 0.1) is 0 Å². The summed E-state index contributed by atoms with van der Waals surface area (Å²) in [5, 5.41) is 2.20. The predicted molar refractivity (Wildman–Crippen MR) is 150 cm³/mol. The minimum absolute atomic E-state index is 0.0120. The minimum atomic E-state index is 0.0120. The van der Waals surface area contributed by atoms with Crippen molar-refractivity contribution in [2.75, 3.05) is 13.1 Å². The standard InChI is InChI=1S/C29H27Cl2N5O/c1-34-26-11-9-20(29(37)35-12-4-6-21(32)17-35)14-24(26)33-28(34)27-15-19-5-2-3-7-25(19)36(27)16-18-8-10-22(30)23(31)13-18/h2-3,5,7-11,13-15,21H,4,6,12,16-17,32H2,1H3. The summed E-state index contributed by atoms with van der Waals surface area (Å²) < 4.78 is 4.33. The molecular formula is C29H27Cl2N5O. The Morgan fingerprint density at radius 3 is 2.68 bits per heavy atom. The molecule has 0 bridgehead atoms. The van der Waals surface area contributed by atoms with Crippen LogP contribution in [0.25, 0.3) is 33.5 Å². The highest BCUT2D eigenvalue weighted by atomic mass is 35.5. The molecule has 0 saturated carbocycles. The molecule has 2 aromatic heterocycles. The van der Waals surface area contributed by atoms with Crippen molar-refractivity contribution < 1.29 is 4.79 Å². The van der Waals surface area contributed by atoms with Gasteiger partial charge in [-0.2, -0.15) is 0 Å². The maximum Gasteiger partial charge on any atom is 0.253 e. The average Bonchev–Trinajstić information content (AvgIpc) is 3.42. The third-order valence-electron chi connectivity index (χ3n) is 7.24. The number of carbonyl (C=O) groups is 1. The summed E-state index contributed by atoms with van der Waals surface area (Å²) in [6, 6.07) is 22.0. The first-order valence-electron chi connectivity index (χ1n) is 12.4. The van der Waals surface area contributed by atoms with Crippen LogP contribution < -0.4 is 5.73 Å². The molecule has 1 unspecified atom stereocenters. The summed E-state index contributed by atoms with van der Waals surface area (Å²) in [5.41, 5.74) is 11.6. The molecule has 6 nitrogen and oxygen atoms in total. The fourth-order valence-electron chi connectivity index (χ4n) is 5.33. The molecule has 188 valence electrons. The number of halogens is 2. The molecule has 5 aromatic rings. The van der Waals surface area contributed by atoms with Crippen LogP contribution in [0.5, 0.6) is 0 Å². The number of aryl methyl sites for hydroxylation is 1. The molecule has 0 radical (unpaired) electrons. The molecular weight excluding hydrogens is 505 g/mol. The summed E-state index contributed by atoms with van der Waals surface area (Å²) in [4.78, 5) is 20.1. The van der Waals surface area contributed by atoms with Crippen molar-refractivity contribution in [1.82, 2.24) is 19.0 Å². The van der Waals surface area contributed by atoms with Gasteiger partial charge in [0.15, 0.2) is 5.82 Å². The molecule has 1 saturated heterocycles. The van der Waals surface area contributed by atoms with Crippen molar-refractivity contribution >= 4 is 51.0 Å². The van der Waals surface area contributed by atoms with Gasteiger partial charge in [0.2, 0.25) is 0 Å². The first kappa shape index (κ1) is 24.0. The number of amides is 1. The van der Waals surface area contributed by atoms with Gasteiger partial charge in [-0.1, -0.05) is 47.5 Å². The number of hydrogen-bond acceptors (Lipinski definition) is 3. The van der Waals surface area contributed by atoms with Crippen molar-refractivity contribution in [2.45, 2.75) is 25.4 Å². The van der Waals surface area contributed by atoms with Gasteiger partial charge in [0.05, 0.1) is 26.8 Å². The number of rotatable bonds is 4. The van der Waals surface area contributed by atoms with E-state index in [1.54, 1.807) is 0 Å². The van der Waals surface area contributed by atoms with E-state index in [0.717, 1.165) is 58.4 Å². The van der Waals surface area contributed by atoms with E-state index in [1.807, 2.05) is 60.5 Å². The van der Waals surface area contributed by atoms with Gasteiger partial charge >= 0.3 is 0 Å². The second-order valence-electron chi connectivity index (χ2n) is 9.77. The van der Waals surface area contributed by atoms with Gasteiger partial charge in [-0.3, -0.25) is 4.79 Å². The van der Waals surface area contributed by atoms with Crippen molar-refractivity contribution in [2.24, 2.45) is 12.8 Å². The van der Waals surface area contributed by atoms with Gasteiger partial charge in [0.25, 0.3) is 5.91 Å². The van der Waals surface area contributed by atoms with Crippen molar-refractivity contribution in [1.29, 1.82) is 0 Å². The molecule has 0 aliphatic carbocycles. The molecule has 1 atom stereocenters. The second kappa shape index (κ2) is 9.53. The topological polar surface area (TPSA) is 69.1 Å². The summed E-state index contributed by atoms with van der Waals surface area (Å²) in [5.74, 6) is 0.842. The summed E-state index contributed by atoms with van der Waals surface area (Å²) in [6.07, 6.45) is 1.90. The van der Waals surface area contributed by atoms with Crippen LogP contribution in [0.1, 0.15) is 28.8 Å². The highest BCUT2D eigenvalue weighted by molar-refractivity contribution is 6.42. The number of likely N-dealkylation sites (tertiary alicyclic amines) is 1. The van der Waals surface area contributed by atoms with Crippen LogP contribution in [-0.2, 0) is 13.6 Å². The maximum absolute atomic E-state index is 13.2. The normalized spacial score (nSPS) is 16.1. The van der Waals surface area contributed by atoms with Gasteiger partial charge in [0.1, 0.15) is 0 Å². The average molecular weight is 532 g/mol. The molecule has 6 rings (SSSR count).